The molecule has 0 saturated carbocycles. The number of carbonyl (C=O) groups is 2. The summed E-state index contributed by atoms with van der Waals surface area (Å²) in [7, 11) is 0. The van der Waals surface area contributed by atoms with Crippen LogP contribution < -0.4 is 10.6 Å². The van der Waals surface area contributed by atoms with Crippen LogP contribution in [0, 0.1) is 11.3 Å². The van der Waals surface area contributed by atoms with Crippen molar-refractivity contribution in [3.05, 3.63) is 29.8 Å². The molecule has 1 aromatic carbocycles. The van der Waals surface area contributed by atoms with Crippen LogP contribution in [-0.4, -0.2) is 23.1 Å². The van der Waals surface area contributed by atoms with Gasteiger partial charge in [0.25, 0.3) is 0 Å². The first-order valence-corrected chi connectivity index (χ1v) is 5.80. The van der Waals surface area contributed by atoms with E-state index >= 15 is 0 Å². The summed E-state index contributed by atoms with van der Waals surface area (Å²) in [5, 5.41) is 22.5. The maximum Gasteiger partial charge on any atom is 0.319 e. The van der Waals surface area contributed by atoms with Crippen molar-refractivity contribution in [3.8, 4) is 6.07 Å². The van der Waals surface area contributed by atoms with E-state index in [-0.39, 0.29) is 12.5 Å². The van der Waals surface area contributed by atoms with Crippen molar-refractivity contribution in [2.24, 2.45) is 0 Å². The number of benzene rings is 1. The van der Waals surface area contributed by atoms with Crippen LogP contribution in [0.15, 0.2) is 24.3 Å². The van der Waals surface area contributed by atoms with Crippen molar-refractivity contribution in [2.75, 3.05) is 5.32 Å². The predicted octanol–water partition coefficient (Wildman–Crippen LogP) is 1.93. The van der Waals surface area contributed by atoms with Gasteiger partial charge in [0.05, 0.1) is 11.6 Å². The van der Waals surface area contributed by atoms with E-state index in [1.54, 1.807) is 31.2 Å². The molecule has 0 aliphatic carbocycles. The minimum Gasteiger partial charge on any atom is -0.481 e. The number of anilines is 1. The maximum absolute atomic E-state index is 11.6. The summed E-state index contributed by atoms with van der Waals surface area (Å²) in [5.41, 5.74) is 0.971. The molecule has 0 radical (unpaired) electrons. The monoisotopic (exact) mass is 261 g/mol. The number of urea groups is 1. The number of nitrogens with zero attached hydrogens (tertiary/aromatic N) is 1. The molecule has 6 heteroatoms. The Morgan fingerprint density at radius 3 is 2.84 bits per heavy atom. The van der Waals surface area contributed by atoms with Crippen molar-refractivity contribution in [1.82, 2.24) is 5.32 Å². The molecule has 2 amide bonds. The highest BCUT2D eigenvalue weighted by Gasteiger charge is 2.09. The first-order valence-electron chi connectivity index (χ1n) is 5.80. The molecule has 0 saturated heterocycles. The van der Waals surface area contributed by atoms with Crippen LogP contribution in [0.5, 0.6) is 0 Å². The molecule has 0 aliphatic heterocycles. The summed E-state index contributed by atoms with van der Waals surface area (Å²) in [6.07, 6.45) is 0.367. The van der Waals surface area contributed by atoms with E-state index in [9.17, 15) is 9.59 Å². The van der Waals surface area contributed by atoms with Crippen LogP contribution in [0.2, 0.25) is 0 Å². The fourth-order valence-electron chi connectivity index (χ4n) is 1.47. The van der Waals surface area contributed by atoms with E-state index in [2.05, 4.69) is 10.6 Å². The van der Waals surface area contributed by atoms with Gasteiger partial charge in [-0.05, 0) is 31.5 Å². The molecule has 3 N–H and O–H groups in total. The number of nitrogens with one attached hydrogen (secondary N) is 2. The number of carboxylic acids is 1. The second-order valence-electron chi connectivity index (χ2n) is 4.12. The lowest BCUT2D eigenvalue weighted by molar-refractivity contribution is -0.137. The van der Waals surface area contributed by atoms with E-state index in [0.29, 0.717) is 17.7 Å². The quantitative estimate of drug-likeness (QED) is 0.753. The maximum atomic E-state index is 11.6. The van der Waals surface area contributed by atoms with Crippen LogP contribution in [-0.2, 0) is 4.79 Å². The van der Waals surface area contributed by atoms with Gasteiger partial charge >= 0.3 is 12.0 Å². The van der Waals surface area contributed by atoms with Gasteiger partial charge in [0.1, 0.15) is 0 Å². The molecule has 1 atom stereocenters. The zero-order valence-corrected chi connectivity index (χ0v) is 10.5. The Bertz CT molecular complexity index is 508. The number of nitriles is 1. The Balaban J connectivity index is 2.46. The van der Waals surface area contributed by atoms with E-state index in [4.69, 9.17) is 10.4 Å². The second kappa shape index (κ2) is 7.01. The van der Waals surface area contributed by atoms with E-state index in [1.165, 1.54) is 0 Å². The predicted molar refractivity (Wildman–Crippen MR) is 69.6 cm³/mol. The zero-order valence-electron chi connectivity index (χ0n) is 10.5. The van der Waals surface area contributed by atoms with Gasteiger partial charge in [-0.25, -0.2) is 4.79 Å². The van der Waals surface area contributed by atoms with Crippen LogP contribution in [0.1, 0.15) is 25.3 Å². The van der Waals surface area contributed by atoms with E-state index in [0.717, 1.165) is 0 Å². The number of hydrogen-bond donors (Lipinski definition) is 3. The zero-order chi connectivity index (χ0) is 14.3. The molecular weight excluding hydrogens is 246 g/mol. The standard InChI is InChI=1S/C13H15N3O3/c1-9(5-6-12(17)18)15-13(19)16-11-4-2-3-10(7-11)8-14/h2-4,7,9H,5-6H2,1H3,(H,17,18)(H2,15,16,19). The SMILES string of the molecule is CC(CCC(=O)O)NC(=O)Nc1cccc(C#N)c1. The van der Waals surface area contributed by atoms with Crippen LogP contribution in [0.3, 0.4) is 0 Å². The Kier molecular flexibility index (Phi) is 5.35. The molecule has 0 aromatic heterocycles. The molecule has 1 aromatic rings. The Morgan fingerprint density at radius 1 is 1.47 bits per heavy atom. The third-order valence-electron chi connectivity index (χ3n) is 2.42. The minimum absolute atomic E-state index is 0.00532. The molecule has 0 spiro atoms. The van der Waals surface area contributed by atoms with Crippen LogP contribution >= 0.6 is 0 Å². The number of hydrogen-bond acceptors (Lipinski definition) is 3. The Morgan fingerprint density at radius 2 is 2.21 bits per heavy atom. The largest absolute Gasteiger partial charge is 0.481 e. The summed E-state index contributed by atoms with van der Waals surface area (Å²) >= 11 is 0. The number of rotatable bonds is 5. The number of aliphatic carboxylic acids is 1. The van der Waals surface area contributed by atoms with Gasteiger partial charge in [-0.3, -0.25) is 4.79 Å². The van der Waals surface area contributed by atoms with Crippen molar-refractivity contribution in [1.29, 1.82) is 5.26 Å². The third kappa shape index (κ3) is 5.55. The van der Waals surface area contributed by atoms with Crippen molar-refractivity contribution in [3.63, 3.8) is 0 Å². The fourth-order valence-corrected chi connectivity index (χ4v) is 1.47. The Labute approximate surface area is 111 Å². The molecular formula is C13H15N3O3. The molecule has 0 fully saturated rings. The van der Waals surface area contributed by atoms with Crippen molar-refractivity contribution in [2.45, 2.75) is 25.8 Å². The molecule has 100 valence electrons. The van der Waals surface area contributed by atoms with Gasteiger partial charge in [0.15, 0.2) is 0 Å². The van der Waals surface area contributed by atoms with Crippen LogP contribution in [0.25, 0.3) is 0 Å². The number of amides is 2. The lowest BCUT2D eigenvalue weighted by atomic mass is 10.2. The van der Waals surface area contributed by atoms with Crippen LogP contribution in [0.4, 0.5) is 10.5 Å². The first kappa shape index (κ1) is 14.5. The summed E-state index contributed by atoms with van der Waals surface area (Å²) in [5.74, 6) is -0.893. The summed E-state index contributed by atoms with van der Waals surface area (Å²) in [4.78, 5) is 22.0. The van der Waals surface area contributed by atoms with Gasteiger partial charge in [-0.1, -0.05) is 6.07 Å². The molecule has 0 aliphatic rings. The van der Waals surface area contributed by atoms with E-state index < -0.39 is 12.0 Å². The lowest BCUT2D eigenvalue weighted by Crippen LogP contribution is -2.36. The highest BCUT2D eigenvalue weighted by Crippen LogP contribution is 2.09. The van der Waals surface area contributed by atoms with Gasteiger partial charge in [0.2, 0.25) is 0 Å². The summed E-state index contributed by atoms with van der Waals surface area (Å²) in [6, 6.07) is 7.85. The summed E-state index contributed by atoms with van der Waals surface area (Å²) in [6.45, 7) is 1.73. The molecule has 0 bridgehead atoms. The average Bonchev–Trinajstić information content (AvgIpc) is 2.36. The number of carbonyl (C=O) groups excluding carboxylic acids is 1. The second-order valence-corrected chi connectivity index (χ2v) is 4.12. The van der Waals surface area contributed by atoms with Gasteiger partial charge in [0, 0.05) is 18.2 Å². The summed E-state index contributed by atoms with van der Waals surface area (Å²) < 4.78 is 0. The smallest absolute Gasteiger partial charge is 0.319 e. The fraction of sp³-hybridized carbons (Fsp3) is 0.308. The Hall–Kier alpha value is -2.55. The highest BCUT2D eigenvalue weighted by molar-refractivity contribution is 5.89. The lowest BCUT2D eigenvalue weighted by Gasteiger charge is -2.13. The van der Waals surface area contributed by atoms with Crippen molar-refractivity contribution >= 4 is 17.7 Å². The van der Waals surface area contributed by atoms with Gasteiger partial charge in [-0.15, -0.1) is 0 Å². The van der Waals surface area contributed by atoms with Gasteiger partial charge in [-0.2, -0.15) is 5.26 Å². The molecule has 19 heavy (non-hydrogen) atoms. The molecule has 1 unspecified atom stereocenters. The topological polar surface area (TPSA) is 102 Å². The highest BCUT2D eigenvalue weighted by atomic mass is 16.4. The van der Waals surface area contributed by atoms with Crippen molar-refractivity contribution < 1.29 is 14.7 Å². The molecule has 6 nitrogen and oxygen atoms in total. The first-order chi connectivity index (χ1) is 9.01. The van der Waals surface area contributed by atoms with Gasteiger partial charge < -0.3 is 15.7 Å². The van der Waals surface area contributed by atoms with E-state index in [1.807, 2.05) is 6.07 Å². The number of carboxylic acid groups (broad SMARTS) is 1. The molecule has 1 rings (SSSR count). The normalized spacial score (nSPS) is 11.2. The molecule has 0 heterocycles. The average molecular weight is 261 g/mol. The minimum atomic E-state index is -0.893. The third-order valence-corrected chi connectivity index (χ3v) is 2.42.